The van der Waals surface area contributed by atoms with Crippen LogP contribution in [0.15, 0.2) is 6.07 Å². The van der Waals surface area contributed by atoms with Gasteiger partial charge in [0.15, 0.2) is 5.75 Å². The Labute approximate surface area is 191 Å². The molecular formula is C17H21F6N3O6S2. The van der Waals surface area contributed by atoms with Crippen LogP contribution in [0.3, 0.4) is 0 Å². The molecule has 1 saturated carbocycles. The molecular weight excluding hydrogens is 520 g/mol. The van der Waals surface area contributed by atoms with Crippen LogP contribution in [0.5, 0.6) is 11.6 Å². The Kier molecular flexibility index (Phi) is 8.01. The van der Waals surface area contributed by atoms with Crippen molar-refractivity contribution in [2.45, 2.75) is 63.0 Å². The summed E-state index contributed by atoms with van der Waals surface area (Å²) in [6.07, 6.45) is 3.40. The SMILES string of the molecule is CC(C)C(=N)c1c(OS(=O)(=O)C(F)(F)F)cc(OS(=O)(=O)C(F)(F)F)nc1NC1CCCCC1. The number of nitrogens with zero attached hydrogens (tertiary/aromatic N) is 1. The third-order valence-corrected chi connectivity index (χ3v) is 6.64. The molecule has 0 aromatic carbocycles. The highest BCUT2D eigenvalue weighted by Gasteiger charge is 2.50. The van der Waals surface area contributed by atoms with Crippen LogP contribution in [0.4, 0.5) is 32.2 Å². The van der Waals surface area contributed by atoms with Gasteiger partial charge in [0.1, 0.15) is 5.82 Å². The number of rotatable bonds is 8. The average molecular weight is 541 g/mol. The molecule has 1 heterocycles. The van der Waals surface area contributed by atoms with Gasteiger partial charge in [-0.05, 0) is 18.8 Å². The van der Waals surface area contributed by atoms with Crippen LogP contribution < -0.4 is 13.7 Å². The number of alkyl halides is 6. The van der Waals surface area contributed by atoms with Gasteiger partial charge in [0.25, 0.3) is 0 Å². The highest BCUT2D eigenvalue weighted by molar-refractivity contribution is 7.88. The molecule has 0 unspecified atom stereocenters. The molecule has 0 amide bonds. The number of halogens is 6. The van der Waals surface area contributed by atoms with Gasteiger partial charge in [-0.3, -0.25) is 0 Å². The normalized spacial score (nSPS) is 16.4. The maximum absolute atomic E-state index is 12.9. The molecule has 17 heteroatoms. The summed E-state index contributed by atoms with van der Waals surface area (Å²) in [6.45, 7) is 2.88. The van der Waals surface area contributed by atoms with Crippen LogP contribution in [0.1, 0.15) is 51.5 Å². The zero-order chi connectivity index (χ0) is 26.1. The van der Waals surface area contributed by atoms with Gasteiger partial charge in [0.2, 0.25) is 5.88 Å². The van der Waals surface area contributed by atoms with Crippen LogP contribution >= 0.6 is 0 Å². The van der Waals surface area contributed by atoms with Crippen molar-refractivity contribution in [3.05, 3.63) is 11.6 Å². The van der Waals surface area contributed by atoms with Crippen molar-refractivity contribution in [2.24, 2.45) is 5.92 Å². The minimum Gasteiger partial charge on any atom is -0.375 e. The van der Waals surface area contributed by atoms with Crippen LogP contribution in [-0.4, -0.2) is 44.6 Å². The standard InChI is InChI=1S/C17H21F6N3O6S2/c1-9(2)14(24)13-11(31-33(27,28)16(18,19)20)8-12(32-34(29,30)17(21,22)23)26-15(13)25-10-6-4-3-5-7-10/h8-10,24H,3-7H2,1-2H3,(H,25,26). The van der Waals surface area contributed by atoms with Gasteiger partial charge in [-0.2, -0.15) is 48.2 Å². The molecule has 2 rings (SSSR count). The number of hydrogen-bond acceptors (Lipinski definition) is 9. The van der Waals surface area contributed by atoms with E-state index < -0.39 is 65.9 Å². The van der Waals surface area contributed by atoms with Gasteiger partial charge in [0, 0.05) is 17.8 Å². The highest BCUT2D eigenvalue weighted by Crippen LogP contribution is 2.38. The fourth-order valence-corrected chi connectivity index (χ4v) is 3.89. The van der Waals surface area contributed by atoms with Gasteiger partial charge in [-0.25, -0.2) is 0 Å². The molecule has 1 aromatic rings. The van der Waals surface area contributed by atoms with E-state index >= 15 is 0 Å². The predicted molar refractivity (Wildman–Crippen MR) is 108 cm³/mol. The molecule has 2 N–H and O–H groups in total. The lowest BCUT2D eigenvalue weighted by molar-refractivity contribution is -0.0503. The Morgan fingerprint density at radius 1 is 1.00 bits per heavy atom. The first-order valence-corrected chi connectivity index (χ1v) is 12.6. The van der Waals surface area contributed by atoms with Gasteiger partial charge in [-0.15, -0.1) is 0 Å². The monoisotopic (exact) mass is 541 g/mol. The summed E-state index contributed by atoms with van der Waals surface area (Å²) in [5.74, 6) is -3.94. The van der Waals surface area contributed by atoms with E-state index in [1.165, 1.54) is 13.8 Å². The first-order chi connectivity index (χ1) is 15.4. The lowest BCUT2D eigenvalue weighted by Crippen LogP contribution is -2.31. The van der Waals surface area contributed by atoms with Crippen molar-refractivity contribution in [3.63, 3.8) is 0 Å². The van der Waals surface area contributed by atoms with E-state index in [2.05, 4.69) is 18.7 Å². The summed E-state index contributed by atoms with van der Waals surface area (Å²) in [4.78, 5) is 3.61. The van der Waals surface area contributed by atoms with E-state index in [4.69, 9.17) is 5.41 Å². The van der Waals surface area contributed by atoms with Crippen molar-refractivity contribution in [1.82, 2.24) is 4.98 Å². The van der Waals surface area contributed by atoms with Gasteiger partial charge >= 0.3 is 31.3 Å². The lowest BCUT2D eigenvalue weighted by Gasteiger charge is -2.26. The van der Waals surface area contributed by atoms with E-state index in [1.807, 2.05) is 0 Å². The first kappa shape index (κ1) is 27.9. The minimum absolute atomic E-state index is 0.144. The number of nitrogens with one attached hydrogen (secondary N) is 2. The third-order valence-electron chi connectivity index (χ3n) is 4.71. The molecule has 1 aliphatic rings. The zero-order valence-electron chi connectivity index (χ0n) is 17.7. The second kappa shape index (κ2) is 9.75. The van der Waals surface area contributed by atoms with Crippen LogP contribution in [0.25, 0.3) is 0 Å². The molecule has 0 atom stereocenters. The fraction of sp³-hybridized carbons (Fsp3) is 0.647. The number of pyridine rings is 1. The molecule has 194 valence electrons. The molecule has 1 fully saturated rings. The summed E-state index contributed by atoms with van der Waals surface area (Å²) in [6, 6.07) is -0.244. The second-order valence-electron chi connectivity index (χ2n) is 7.70. The van der Waals surface area contributed by atoms with Crippen molar-refractivity contribution in [2.75, 3.05) is 5.32 Å². The van der Waals surface area contributed by atoms with Crippen LogP contribution in [0.2, 0.25) is 0 Å². The van der Waals surface area contributed by atoms with E-state index in [1.54, 1.807) is 0 Å². The largest absolute Gasteiger partial charge is 0.534 e. The van der Waals surface area contributed by atoms with Crippen molar-refractivity contribution >= 4 is 31.8 Å². The number of aromatic nitrogens is 1. The zero-order valence-corrected chi connectivity index (χ0v) is 19.4. The summed E-state index contributed by atoms with van der Waals surface area (Å²) >= 11 is 0. The molecule has 0 saturated heterocycles. The summed E-state index contributed by atoms with van der Waals surface area (Å²) < 4.78 is 131. The topological polar surface area (TPSA) is 136 Å². The summed E-state index contributed by atoms with van der Waals surface area (Å²) in [5, 5.41) is 11.0. The van der Waals surface area contributed by atoms with E-state index in [0.29, 0.717) is 12.8 Å². The summed E-state index contributed by atoms with van der Waals surface area (Å²) in [5.41, 5.74) is -12.9. The summed E-state index contributed by atoms with van der Waals surface area (Å²) in [7, 11) is -12.7. The number of hydrogen-bond donors (Lipinski definition) is 2. The van der Waals surface area contributed by atoms with E-state index in [0.717, 1.165) is 19.3 Å². The Hall–Kier alpha value is -2.30. The van der Waals surface area contributed by atoms with Crippen molar-refractivity contribution < 1.29 is 51.5 Å². The Balaban J connectivity index is 2.73. The van der Waals surface area contributed by atoms with Crippen molar-refractivity contribution in [1.29, 1.82) is 5.41 Å². The van der Waals surface area contributed by atoms with Crippen molar-refractivity contribution in [3.8, 4) is 11.6 Å². The number of anilines is 1. The molecule has 1 aliphatic carbocycles. The minimum atomic E-state index is -6.35. The smallest absolute Gasteiger partial charge is 0.375 e. The molecule has 9 nitrogen and oxygen atoms in total. The van der Waals surface area contributed by atoms with E-state index in [-0.39, 0.29) is 12.1 Å². The molecule has 0 radical (unpaired) electrons. The van der Waals surface area contributed by atoms with Crippen LogP contribution in [-0.2, 0) is 20.2 Å². The quantitative estimate of drug-likeness (QED) is 0.215. The Bertz CT molecular complexity index is 1130. The maximum atomic E-state index is 12.9. The Morgan fingerprint density at radius 3 is 1.97 bits per heavy atom. The molecule has 0 aliphatic heterocycles. The predicted octanol–water partition coefficient (Wildman–Crippen LogP) is 4.31. The fourth-order valence-electron chi connectivity index (χ4n) is 3.03. The van der Waals surface area contributed by atoms with E-state index in [9.17, 15) is 43.2 Å². The Morgan fingerprint density at radius 2 is 1.50 bits per heavy atom. The third kappa shape index (κ3) is 6.43. The maximum Gasteiger partial charge on any atom is 0.534 e. The molecule has 1 aromatic heterocycles. The van der Waals surface area contributed by atoms with Gasteiger partial charge in [-0.1, -0.05) is 33.1 Å². The average Bonchev–Trinajstić information content (AvgIpc) is 2.65. The van der Waals surface area contributed by atoms with Gasteiger partial charge < -0.3 is 19.1 Å². The highest BCUT2D eigenvalue weighted by atomic mass is 32.2. The molecule has 34 heavy (non-hydrogen) atoms. The second-order valence-corrected chi connectivity index (χ2v) is 10.8. The molecule has 0 spiro atoms. The molecule has 0 bridgehead atoms. The lowest BCUT2D eigenvalue weighted by atomic mass is 9.94. The van der Waals surface area contributed by atoms with Gasteiger partial charge in [0.05, 0.1) is 5.56 Å². The van der Waals surface area contributed by atoms with Crippen LogP contribution in [0, 0.1) is 11.3 Å². The first-order valence-electron chi connectivity index (χ1n) is 9.77.